The van der Waals surface area contributed by atoms with E-state index in [1.54, 1.807) is 0 Å². The number of hydrogen-bond acceptors (Lipinski definition) is 6. The van der Waals surface area contributed by atoms with Gasteiger partial charge in [-0.3, -0.25) is 0 Å². The first-order valence-electron chi connectivity index (χ1n) is 16.0. The lowest BCUT2D eigenvalue weighted by molar-refractivity contribution is -0.484. The number of aliphatic hydroxyl groups excluding tert-OH is 1. The van der Waals surface area contributed by atoms with Gasteiger partial charge in [-0.15, -0.1) is 0 Å². The van der Waals surface area contributed by atoms with Crippen LogP contribution in [-0.2, 0) is 14.2 Å². The molecule has 1 unspecified atom stereocenters. The SMILES string of the molecule is CCCCCCCCCCCCOC(O)(OCCCCCCCCCCCC)C(O)(CO)OCCCCBr. The topological polar surface area (TPSA) is 88.4 Å². The average Bonchev–Trinajstić information content (AvgIpc) is 2.92. The third kappa shape index (κ3) is 20.2. The number of unbranched alkanes of at least 4 members (excludes halogenated alkanes) is 19. The molecule has 0 bridgehead atoms. The van der Waals surface area contributed by atoms with Crippen molar-refractivity contribution in [3.63, 3.8) is 0 Å². The maximum Gasteiger partial charge on any atom is 0.340 e. The molecule has 0 aliphatic heterocycles. The van der Waals surface area contributed by atoms with Crippen LogP contribution in [0.4, 0.5) is 0 Å². The third-order valence-corrected chi connectivity index (χ3v) is 7.73. The van der Waals surface area contributed by atoms with Crippen LogP contribution < -0.4 is 0 Å². The summed E-state index contributed by atoms with van der Waals surface area (Å²) < 4.78 is 16.9. The van der Waals surface area contributed by atoms with Gasteiger partial charge in [0.05, 0.1) is 19.8 Å². The highest BCUT2D eigenvalue weighted by atomic mass is 79.9. The van der Waals surface area contributed by atoms with E-state index >= 15 is 0 Å². The minimum Gasteiger partial charge on any atom is -0.390 e. The maximum atomic E-state index is 11.2. The lowest BCUT2D eigenvalue weighted by atomic mass is 10.1. The molecule has 3 N–H and O–H groups in total. The van der Waals surface area contributed by atoms with Crippen LogP contribution in [0.5, 0.6) is 0 Å². The predicted octanol–water partition coefficient (Wildman–Crippen LogP) is 8.38. The Balaban J connectivity index is 4.43. The Bertz CT molecular complexity index is 455. The standard InChI is InChI=1S/C31H63BrO6/c1-3-5-7-9-11-13-15-17-19-22-27-37-31(35,30(34,29-33)36-26-24-21-25-32)38-28-23-20-18-16-14-12-10-8-6-4-2/h33-35H,3-29H2,1-2H3. The Morgan fingerprint density at radius 3 is 1.13 bits per heavy atom. The van der Waals surface area contributed by atoms with Crippen molar-refractivity contribution < 1.29 is 29.5 Å². The van der Waals surface area contributed by atoms with Crippen LogP contribution in [0.2, 0.25) is 0 Å². The molecule has 6 nitrogen and oxygen atoms in total. The molecule has 0 amide bonds. The van der Waals surface area contributed by atoms with Crippen molar-refractivity contribution in [3.8, 4) is 0 Å². The quantitative estimate of drug-likeness (QED) is 0.0415. The van der Waals surface area contributed by atoms with Gasteiger partial charge < -0.3 is 29.5 Å². The van der Waals surface area contributed by atoms with Crippen molar-refractivity contribution in [2.75, 3.05) is 31.8 Å². The second-order valence-electron chi connectivity index (χ2n) is 10.8. The monoisotopic (exact) mass is 610 g/mol. The maximum absolute atomic E-state index is 11.2. The van der Waals surface area contributed by atoms with Crippen molar-refractivity contribution >= 4 is 15.9 Å². The summed E-state index contributed by atoms with van der Waals surface area (Å²) in [4.78, 5) is 0. The van der Waals surface area contributed by atoms with Crippen LogP contribution in [0.1, 0.15) is 155 Å². The normalized spacial score (nSPS) is 13.7. The minimum absolute atomic E-state index is 0.189. The van der Waals surface area contributed by atoms with Gasteiger partial charge in [-0.05, 0) is 25.7 Å². The van der Waals surface area contributed by atoms with Crippen LogP contribution in [0.3, 0.4) is 0 Å². The highest BCUT2D eigenvalue weighted by molar-refractivity contribution is 9.09. The second-order valence-corrected chi connectivity index (χ2v) is 11.6. The van der Waals surface area contributed by atoms with Gasteiger partial charge in [0.25, 0.3) is 5.79 Å². The molecule has 7 heteroatoms. The van der Waals surface area contributed by atoms with Crippen molar-refractivity contribution in [3.05, 3.63) is 0 Å². The molecule has 0 spiro atoms. The summed E-state index contributed by atoms with van der Waals surface area (Å²) in [6.45, 7) is 4.33. The molecule has 0 radical (unpaired) electrons. The summed E-state index contributed by atoms with van der Waals surface area (Å²) in [5.41, 5.74) is 0. The average molecular weight is 612 g/mol. The summed E-state index contributed by atoms with van der Waals surface area (Å²) in [6.07, 6.45) is 25.4. The van der Waals surface area contributed by atoms with Gasteiger partial charge >= 0.3 is 5.97 Å². The van der Waals surface area contributed by atoms with E-state index in [4.69, 9.17) is 14.2 Å². The Hall–Kier alpha value is 0.240. The van der Waals surface area contributed by atoms with Crippen molar-refractivity contribution in [2.45, 2.75) is 167 Å². The number of halogens is 1. The van der Waals surface area contributed by atoms with Crippen molar-refractivity contribution in [1.29, 1.82) is 0 Å². The van der Waals surface area contributed by atoms with Gasteiger partial charge in [-0.2, -0.15) is 0 Å². The molecule has 0 aromatic carbocycles. The molecule has 0 aromatic heterocycles. The molecule has 1 atom stereocenters. The molecule has 0 aliphatic rings. The van der Waals surface area contributed by atoms with E-state index in [0.29, 0.717) is 6.42 Å². The zero-order chi connectivity index (χ0) is 28.2. The van der Waals surface area contributed by atoms with Crippen molar-refractivity contribution in [1.82, 2.24) is 0 Å². The van der Waals surface area contributed by atoms with Crippen LogP contribution in [0, 0.1) is 0 Å². The van der Waals surface area contributed by atoms with Gasteiger partial charge in [0, 0.05) is 5.33 Å². The van der Waals surface area contributed by atoms with E-state index in [1.165, 1.54) is 89.9 Å². The molecule has 0 heterocycles. The first-order chi connectivity index (χ1) is 18.5. The molecule has 230 valence electrons. The van der Waals surface area contributed by atoms with Gasteiger partial charge in [-0.25, -0.2) is 0 Å². The summed E-state index contributed by atoms with van der Waals surface area (Å²) in [5.74, 6) is -4.72. The van der Waals surface area contributed by atoms with Gasteiger partial charge in [0.1, 0.15) is 6.61 Å². The molecule has 0 aromatic rings. The highest BCUT2D eigenvalue weighted by Gasteiger charge is 2.54. The fraction of sp³-hybridized carbons (Fsp3) is 1.00. The first-order valence-corrected chi connectivity index (χ1v) is 17.1. The smallest absolute Gasteiger partial charge is 0.340 e. The Morgan fingerprint density at radius 1 is 0.474 bits per heavy atom. The molecular weight excluding hydrogens is 548 g/mol. The van der Waals surface area contributed by atoms with E-state index in [0.717, 1.165) is 50.3 Å². The molecule has 0 fully saturated rings. The van der Waals surface area contributed by atoms with E-state index in [9.17, 15) is 15.3 Å². The fourth-order valence-electron chi connectivity index (χ4n) is 4.54. The van der Waals surface area contributed by atoms with Crippen LogP contribution in [0.15, 0.2) is 0 Å². The summed E-state index contributed by atoms with van der Waals surface area (Å²) in [5, 5.41) is 32.9. The van der Waals surface area contributed by atoms with Gasteiger partial charge in [-0.1, -0.05) is 145 Å². The largest absolute Gasteiger partial charge is 0.390 e. The zero-order valence-corrected chi connectivity index (χ0v) is 26.6. The summed E-state index contributed by atoms with van der Waals surface area (Å²) in [7, 11) is 0. The Labute approximate surface area is 243 Å². The molecule has 0 rings (SSSR count). The van der Waals surface area contributed by atoms with Crippen LogP contribution >= 0.6 is 15.9 Å². The molecule has 38 heavy (non-hydrogen) atoms. The summed E-state index contributed by atoms with van der Waals surface area (Å²) >= 11 is 3.38. The molecular formula is C31H63BrO6. The Kier molecular flexibility index (Phi) is 27.6. The van der Waals surface area contributed by atoms with E-state index in [1.807, 2.05) is 0 Å². The predicted molar refractivity (Wildman–Crippen MR) is 162 cm³/mol. The zero-order valence-electron chi connectivity index (χ0n) is 25.0. The third-order valence-electron chi connectivity index (χ3n) is 7.17. The minimum atomic E-state index is -2.39. The van der Waals surface area contributed by atoms with E-state index in [-0.39, 0.29) is 19.8 Å². The first kappa shape index (κ1) is 38.2. The van der Waals surface area contributed by atoms with Crippen LogP contribution in [0.25, 0.3) is 0 Å². The Morgan fingerprint density at radius 2 is 0.789 bits per heavy atom. The van der Waals surface area contributed by atoms with Crippen LogP contribution in [-0.4, -0.2) is 58.8 Å². The number of hydrogen-bond donors (Lipinski definition) is 3. The highest BCUT2D eigenvalue weighted by Crippen LogP contribution is 2.28. The van der Waals surface area contributed by atoms with Gasteiger partial charge in [0.15, 0.2) is 0 Å². The number of alkyl halides is 1. The molecule has 0 saturated carbocycles. The van der Waals surface area contributed by atoms with E-state index in [2.05, 4.69) is 29.8 Å². The number of aliphatic hydroxyl groups is 3. The van der Waals surface area contributed by atoms with Gasteiger partial charge in [0.2, 0.25) is 0 Å². The number of rotatable bonds is 31. The number of ether oxygens (including phenoxy) is 3. The summed E-state index contributed by atoms with van der Waals surface area (Å²) in [6, 6.07) is 0. The molecule has 0 saturated heterocycles. The van der Waals surface area contributed by atoms with E-state index < -0.39 is 18.4 Å². The van der Waals surface area contributed by atoms with Crippen molar-refractivity contribution in [2.24, 2.45) is 0 Å². The fourth-order valence-corrected chi connectivity index (χ4v) is 4.94. The lowest BCUT2D eigenvalue weighted by Crippen LogP contribution is -2.62. The molecule has 0 aliphatic carbocycles. The lowest BCUT2D eigenvalue weighted by Gasteiger charge is -2.40. The second kappa shape index (κ2) is 27.4.